The van der Waals surface area contributed by atoms with Crippen LogP contribution < -0.4 is 0 Å². The van der Waals surface area contributed by atoms with Crippen LogP contribution in [0.3, 0.4) is 0 Å². The number of esters is 2. The number of Topliss-reactive ketones (excluding diaryl/α,β-unsaturated/α-hetero) is 2. The Hall–Kier alpha value is -3.44. The molecule has 0 heterocycles. The van der Waals surface area contributed by atoms with E-state index in [0.717, 1.165) is 63.0 Å². The summed E-state index contributed by atoms with van der Waals surface area (Å²) in [4.78, 5) is 59.3. The second-order valence-corrected chi connectivity index (χ2v) is 13.4. The maximum atomic E-state index is 14.0. The zero-order valence-corrected chi connectivity index (χ0v) is 30.8. The third-order valence-corrected chi connectivity index (χ3v) is 9.85. The number of ketones is 2. The molecule has 2 aliphatic carbocycles. The first-order valence-corrected chi connectivity index (χ1v) is 18.4. The Bertz CT molecular complexity index is 1350. The van der Waals surface area contributed by atoms with Gasteiger partial charge >= 0.3 is 11.9 Å². The van der Waals surface area contributed by atoms with Crippen LogP contribution in [0.25, 0.3) is 0 Å². The first-order valence-electron chi connectivity index (χ1n) is 18.4. The molecule has 4 atom stereocenters. The lowest BCUT2D eigenvalue weighted by molar-refractivity contribution is -0.179. The van der Waals surface area contributed by atoms with E-state index >= 15 is 0 Å². The fourth-order valence-corrected chi connectivity index (χ4v) is 7.92. The highest BCUT2D eigenvalue weighted by molar-refractivity contribution is 6.29. The van der Waals surface area contributed by atoms with Gasteiger partial charge in [0.05, 0.1) is 12.1 Å². The van der Waals surface area contributed by atoms with E-state index in [-0.39, 0.29) is 36.9 Å². The summed E-state index contributed by atoms with van der Waals surface area (Å²) in [6.45, 7) is 11.3. The van der Waals surface area contributed by atoms with Crippen LogP contribution in [0.15, 0.2) is 36.4 Å². The van der Waals surface area contributed by atoms with Gasteiger partial charge < -0.3 is 18.9 Å². The molecule has 10 nitrogen and oxygen atoms in total. The molecular formula is C40H56N2O8. The van der Waals surface area contributed by atoms with Crippen molar-refractivity contribution in [3.63, 3.8) is 0 Å². The van der Waals surface area contributed by atoms with Crippen molar-refractivity contribution >= 4 is 23.5 Å². The average Bonchev–Trinajstić information content (AvgIpc) is 3.11. The van der Waals surface area contributed by atoms with Gasteiger partial charge in [0, 0.05) is 36.5 Å². The maximum absolute atomic E-state index is 14.0. The minimum Gasteiger partial charge on any atom is -0.447 e. The molecule has 0 bridgehead atoms. The van der Waals surface area contributed by atoms with Crippen LogP contribution in [0.4, 0.5) is 0 Å². The molecule has 0 N–H and O–H groups in total. The number of methoxy groups -OCH3 is 2. The first-order chi connectivity index (χ1) is 24.2. The number of ether oxygens (including phenoxy) is 4. The minimum atomic E-state index is -1.11. The van der Waals surface area contributed by atoms with Gasteiger partial charge in [-0.05, 0) is 88.7 Å². The third kappa shape index (κ3) is 9.07. The van der Waals surface area contributed by atoms with Crippen LogP contribution in [0.1, 0.15) is 121 Å². The van der Waals surface area contributed by atoms with Gasteiger partial charge in [0.2, 0.25) is 0 Å². The van der Waals surface area contributed by atoms with E-state index in [1.807, 2.05) is 24.3 Å². The predicted molar refractivity (Wildman–Crippen MR) is 191 cm³/mol. The Labute approximate surface area is 297 Å². The highest BCUT2D eigenvalue weighted by Gasteiger charge is 2.43. The van der Waals surface area contributed by atoms with Crippen molar-refractivity contribution in [1.29, 1.82) is 0 Å². The molecular weight excluding hydrogens is 636 g/mol. The van der Waals surface area contributed by atoms with Gasteiger partial charge in [0.1, 0.15) is 25.4 Å². The molecule has 0 saturated heterocycles. The molecule has 50 heavy (non-hydrogen) atoms. The lowest BCUT2D eigenvalue weighted by Gasteiger charge is -2.42. The van der Waals surface area contributed by atoms with Crippen molar-refractivity contribution in [3.05, 3.63) is 69.8 Å². The monoisotopic (exact) mass is 692 g/mol. The van der Waals surface area contributed by atoms with Gasteiger partial charge in [-0.1, -0.05) is 64.1 Å². The van der Waals surface area contributed by atoms with E-state index in [1.165, 1.54) is 14.2 Å². The largest absolute Gasteiger partial charge is 0.447 e. The van der Waals surface area contributed by atoms with Crippen molar-refractivity contribution < 1.29 is 38.1 Å². The zero-order chi connectivity index (χ0) is 36.2. The SMILES string of the molecule is CCCN(CCC)C1CCc2cccc(C(=O)COC)c2C1OC(=O)C(=O)OC1c2c(cccc2C(=O)COC)CCC1N(CCC)CCC. The standard InChI is InChI=1S/C40H56N2O8/c1-7-21-41(22-8-2)31-19-17-27-13-11-15-29(33(43)25-47-5)35(27)37(31)49-39(45)40(46)50-38-32(42(23-9-3)24-10-4)20-18-28-14-12-16-30(36(28)38)34(44)26-48-6/h11-16,31-32,37-38H,7-10,17-26H2,1-6H3. The molecule has 274 valence electrons. The summed E-state index contributed by atoms with van der Waals surface area (Å²) < 4.78 is 22.8. The molecule has 4 unspecified atom stereocenters. The maximum Gasteiger partial charge on any atom is 0.418 e. The molecule has 0 aliphatic heterocycles. The second-order valence-electron chi connectivity index (χ2n) is 13.4. The normalized spacial score (nSPS) is 19.9. The molecule has 0 radical (unpaired) electrons. The van der Waals surface area contributed by atoms with E-state index < -0.39 is 24.1 Å². The van der Waals surface area contributed by atoms with Gasteiger partial charge in [0.25, 0.3) is 0 Å². The van der Waals surface area contributed by atoms with Crippen molar-refractivity contribution in [2.45, 2.75) is 103 Å². The van der Waals surface area contributed by atoms with E-state index in [2.05, 4.69) is 37.5 Å². The Morgan fingerprint density at radius 3 is 1.28 bits per heavy atom. The quantitative estimate of drug-likeness (QED) is 0.103. The van der Waals surface area contributed by atoms with Crippen LogP contribution >= 0.6 is 0 Å². The van der Waals surface area contributed by atoms with Crippen LogP contribution in [-0.4, -0.2) is 99.0 Å². The number of rotatable bonds is 18. The molecule has 0 saturated carbocycles. The zero-order valence-electron chi connectivity index (χ0n) is 30.8. The van der Waals surface area contributed by atoms with Crippen LogP contribution in [-0.2, 0) is 41.4 Å². The number of carbonyl (C=O) groups excluding carboxylic acids is 4. The number of aryl methyl sites for hydroxylation is 2. The van der Waals surface area contributed by atoms with Gasteiger partial charge in [0.15, 0.2) is 11.6 Å². The van der Waals surface area contributed by atoms with E-state index in [4.69, 9.17) is 18.9 Å². The fourth-order valence-electron chi connectivity index (χ4n) is 7.92. The molecule has 0 fully saturated rings. The van der Waals surface area contributed by atoms with Crippen LogP contribution in [0, 0.1) is 0 Å². The van der Waals surface area contributed by atoms with Gasteiger partial charge in [-0.2, -0.15) is 0 Å². The fraction of sp³-hybridized carbons (Fsp3) is 0.600. The predicted octanol–water partition coefficient (Wildman–Crippen LogP) is 6.09. The molecule has 0 spiro atoms. The Kier molecular flexibility index (Phi) is 15.1. The highest BCUT2D eigenvalue weighted by atomic mass is 16.6. The summed E-state index contributed by atoms with van der Waals surface area (Å²) in [6, 6.07) is 10.6. The van der Waals surface area contributed by atoms with Crippen LogP contribution in [0.2, 0.25) is 0 Å². The summed E-state index contributed by atoms with van der Waals surface area (Å²) in [5.41, 5.74) is 3.97. The summed E-state index contributed by atoms with van der Waals surface area (Å²) >= 11 is 0. The lowest BCUT2D eigenvalue weighted by atomic mass is 9.81. The molecule has 0 amide bonds. The van der Waals surface area contributed by atoms with Crippen molar-refractivity contribution in [2.75, 3.05) is 53.6 Å². The van der Waals surface area contributed by atoms with E-state index in [0.29, 0.717) is 47.9 Å². The highest BCUT2D eigenvalue weighted by Crippen LogP contribution is 2.41. The molecule has 2 aromatic carbocycles. The Balaban J connectivity index is 1.75. The number of carbonyl (C=O) groups is 4. The Morgan fingerprint density at radius 1 is 0.600 bits per heavy atom. The molecule has 2 aromatic rings. The number of benzene rings is 2. The average molecular weight is 693 g/mol. The van der Waals surface area contributed by atoms with Crippen molar-refractivity contribution in [3.8, 4) is 0 Å². The van der Waals surface area contributed by atoms with Gasteiger partial charge in [-0.3, -0.25) is 19.4 Å². The summed E-state index contributed by atoms with van der Waals surface area (Å²) in [7, 11) is 2.95. The summed E-state index contributed by atoms with van der Waals surface area (Å²) in [5, 5.41) is 0. The van der Waals surface area contributed by atoms with Gasteiger partial charge in [-0.25, -0.2) is 9.59 Å². The van der Waals surface area contributed by atoms with Crippen LogP contribution in [0.5, 0.6) is 0 Å². The van der Waals surface area contributed by atoms with Crippen molar-refractivity contribution in [1.82, 2.24) is 9.80 Å². The second kappa shape index (κ2) is 19.2. The van der Waals surface area contributed by atoms with Gasteiger partial charge in [-0.15, -0.1) is 0 Å². The topological polar surface area (TPSA) is 112 Å². The van der Waals surface area contributed by atoms with E-state index in [1.54, 1.807) is 12.1 Å². The minimum absolute atomic E-state index is 0.115. The summed E-state index contributed by atoms with van der Waals surface area (Å²) in [6.07, 6.45) is 4.69. The molecule has 4 rings (SSSR count). The molecule has 2 aliphatic rings. The first kappa shape index (κ1) is 39.3. The smallest absolute Gasteiger partial charge is 0.418 e. The third-order valence-electron chi connectivity index (χ3n) is 9.85. The number of fused-ring (bicyclic) bond motifs is 2. The lowest BCUT2D eigenvalue weighted by Crippen LogP contribution is -2.47. The molecule has 10 heteroatoms. The number of hydrogen-bond acceptors (Lipinski definition) is 10. The number of nitrogens with zero attached hydrogens (tertiary/aromatic N) is 2. The number of hydrogen-bond donors (Lipinski definition) is 0. The molecule has 0 aromatic heterocycles. The van der Waals surface area contributed by atoms with Crippen molar-refractivity contribution in [2.24, 2.45) is 0 Å². The van der Waals surface area contributed by atoms with E-state index in [9.17, 15) is 19.2 Å². The summed E-state index contributed by atoms with van der Waals surface area (Å²) in [5.74, 6) is -2.65. The Morgan fingerprint density at radius 2 is 0.960 bits per heavy atom.